The van der Waals surface area contributed by atoms with Crippen molar-refractivity contribution in [3.05, 3.63) is 29.8 Å². The first kappa shape index (κ1) is 13.3. The average Bonchev–Trinajstić information content (AvgIpc) is 2.02. The zero-order valence-corrected chi connectivity index (χ0v) is 9.73. The molecule has 0 saturated heterocycles. The van der Waals surface area contributed by atoms with Crippen LogP contribution in [0.15, 0.2) is 24.3 Å². The molecule has 14 heavy (non-hydrogen) atoms. The summed E-state index contributed by atoms with van der Waals surface area (Å²) in [5.41, 5.74) is 6.91. The molecule has 0 aliphatic carbocycles. The Kier molecular flexibility index (Phi) is 4.95. The van der Waals surface area contributed by atoms with E-state index >= 15 is 0 Å². The number of ether oxygens (including phenoxy) is 1. The molecule has 0 spiro atoms. The maximum atomic E-state index is 5.94. The van der Waals surface area contributed by atoms with Crippen LogP contribution in [0.5, 0.6) is 5.75 Å². The Balaban J connectivity index is 0.00000169. The van der Waals surface area contributed by atoms with Crippen LogP contribution in [0.3, 0.4) is 0 Å². The highest BCUT2D eigenvalue weighted by Gasteiger charge is 2.13. The molecule has 0 heterocycles. The van der Waals surface area contributed by atoms with Crippen LogP contribution in [0.4, 0.5) is 0 Å². The van der Waals surface area contributed by atoms with Crippen molar-refractivity contribution >= 4 is 12.4 Å². The number of hydrogen-bond donors (Lipinski definition) is 1. The molecule has 0 aromatic heterocycles. The van der Waals surface area contributed by atoms with Crippen LogP contribution in [-0.2, 0) is 6.42 Å². The largest absolute Gasteiger partial charge is 0.496 e. The second kappa shape index (κ2) is 5.23. The van der Waals surface area contributed by atoms with Crippen molar-refractivity contribution in [3.8, 4) is 5.75 Å². The minimum Gasteiger partial charge on any atom is -0.496 e. The summed E-state index contributed by atoms with van der Waals surface area (Å²) in [6.45, 7) is 4.03. The van der Waals surface area contributed by atoms with E-state index in [-0.39, 0.29) is 17.9 Å². The van der Waals surface area contributed by atoms with E-state index < -0.39 is 0 Å². The van der Waals surface area contributed by atoms with Gasteiger partial charge in [-0.1, -0.05) is 18.2 Å². The molecule has 0 bridgehead atoms. The number of hydrogen-bond acceptors (Lipinski definition) is 2. The van der Waals surface area contributed by atoms with Crippen LogP contribution in [0.2, 0.25) is 0 Å². The van der Waals surface area contributed by atoms with Gasteiger partial charge < -0.3 is 10.5 Å². The van der Waals surface area contributed by atoms with E-state index in [0.29, 0.717) is 0 Å². The van der Waals surface area contributed by atoms with Gasteiger partial charge in [0.15, 0.2) is 0 Å². The van der Waals surface area contributed by atoms with Crippen molar-refractivity contribution in [2.45, 2.75) is 25.8 Å². The average molecular weight is 216 g/mol. The molecule has 2 N–H and O–H groups in total. The van der Waals surface area contributed by atoms with Crippen LogP contribution in [0, 0.1) is 0 Å². The number of methoxy groups -OCH3 is 1. The molecule has 0 saturated carbocycles. The van der Waals surface area contributed by atoms with E-state index in [9.17, 15) is 0 Å². The van der Waals surface area contributed by atoms with E-state index in [2.05, 4.69) is 0 Å². The zero-order valence-electron chi connectivity index (χ0n) is 8.91. The third-order valence-corrected chi connectivity index (χ3v) is 1.84. The Hall–Kier alpha value is -0.730. The van der Waals surface area contributed by atoms with Crippen molar-refractivity contribution < 1.29 is 4.74 Å². The van der Waals surface area contributed by atoms with Crippen LogP contribution in [0.25, 0.3) is 0 Å². The van der Waals surface area contributed by atoms with Gasteiger partial charge in [-0.25, -0.2) is 0 Å². The third kappa shape index (κ3) is 3.99. The van der Waals surface area contributed by atoms with Gasteiger partial charge in [-0.05, 0) is 31.9 Å². The normalized spacial score (nSPS) is 10.6. The summed E-state index contributed by atoms with van der Waals surface area (Å²) >= 11 is 0. The van der Waals surface area contributed by atoms with Gasteiger partial charge in [0.25, 0.3) is 0 Å². The van der Waals surface area contributed by atoms with Crippen LogP contribution >= 0.6 is 12.4 Å². The summed E-state index contributed by atoms with van der Waals surface area (Å²) in [4.78, 5) is 0. The minimum absolute atomic E-state index is 0. The minimum atomic E-state index is -0.186. The van der Waals surface area contributed by atoms with Gasteiger partial charge in [-0.3, -0.25) is 0 Å². The molecule has 80 valence electrons. The highest BCUT2D eigenvalue weighted by Crippen LogP contribution is 2.21. The zero-order chi connectivity index (χ0) is 9.90. The lowest BCUT2D eigenvalue weighted by molar-refractivity contribution is 0.402. The molecule has 0 unspecified atom stereocenters. The molecular formula is C11H18ClNO. The number of nitrogens with two attached hydrogens (primary N) is 1. The van der Waals surface area contributed by atoms with Gasteiger partial charge >= 0.3 is 0 Å². The molecule has 1 aromatic rings. The molecule has 0 aliphatic heterocycles. The number of rotatable bonds is 3. The van der Waals surface area contributed by atoms with Crippen molar-refractivity contribution in [3.63, 3.8) is 0 Å². The Bertz CT molecular complexity index is 281. The van der Waals surface area contributed by atoms with Gasteiger partial charge in [0.05, 0.1) is 7.11 Å². The Morgan fingerprint density at radius 1 is 1.29 bits per heavy atom. The lowest BCUT2D eigenvalue weighted by atomic mass is 9.96. The summed E-state index contributed by atoms with van der Waals surface area (Å²) in [5.74, 6) is 0.918. The van der Waals surface area contributed by atoms with Crippen molar-refractivity contribution in [1.82, 2.24) is 0 Å². The Labute approximate surface area is 91.9 Å². The Morgan fingerprint density at radius 2 is 1.86 bits per heavy atom. The first-order valence-corrected chi connectivity index (χ1v) is 4.44. The second-order valence-corrected chi connectivity index (χ2v) is 3.98. The monoisotopic (exact) mass is 215 g/mol. The Morgan fingerprint density at radius 3 is 2.36 bits per heavy atom. The maximum Gasteiger partial charge on any atom is 0.122 e. The summed E-state index contributed by atoms with van der Waals surface area (Å²) in [5, 5.41) is 0. The molecule has 0 amide bonds. The molecule has 0 atom stereocenters. The predicted octanol–water partition coefficient (Wildman–Crippen LogP) is 2.40. The summed E-state index contributed by atoms with van der Waals surface area (Å²) in [7, 11) is 1.68. The molecule has 0 fully saturated rings. The standard InChI is InChI=1S/C11H17NO.ClH/c1-11(2,12)8-9-6-4-5-7-10(9)13-3;/h4-7H,8,12H2,1-3H3;1H. The van der Waals surface area contributed by atoms with Crippen LogP contribution in [0.1, 0.15) is 19.4 Å². The van der Waals surface area contributed by atoms with Crippen molar-refractivity contribution in [1.29, 1.82) is 0 Å². The highest BCUT2D eigenvalue weighted by molar-refractivity contribution is 5.85. The number of halogens is 1. The highest BCUT2D eigenvalue weighted by atomic mass is 35.5. The SMILES string of the molecule is COc1ccccc1CC(C)(C)N.Cl. The van der Waals surface area contributed by atoms with E-state index in [1.54, 1.807) is 7.11 Å². The smallest absolute Gasteiger partial charge is 0.122 e. The molecule has 0 radical (unpaired) electrons. The van der Waals surface area contributed by atoms with Gasteiger partial charge in [-0.2, -0.15) is 0 Å². The van der Waals surface area contributed by atoms with Gasteiger partial charge in [-0.15, -0.1) is 12.4 Å². The molecule has 3 heteroatoms. The fraction of sp³-hybridized carbons (Fsp3) is 0.455. The predicted molar refractivity (Wildman–Crippen MR) is 62.2 cm³/mol. The van der Waals surface area contributed by atoms with E-state index in [0.717, 1.165) is 17.7 Å². The fourth-order valence-corrected chi connectivity index (χ4v) is 1.34. The molecular weight excluding hydrogens is 198 g/mol. The van der Waals surface area contributed by atoms with Gasteiger partial charge in [0, 0.05) is 5.54 Å². The third-order valence-electron chi connectivity index (χ3n) is 1.84. The van der Waals surface area contributed by atoms with Crippen molar-refractivity contribution in [2.24, 2.45) is 5.73 Å². The maximum absolute atomic E-state index is 5.94. The second-order valence-electron chi connectivity index (χ2n) is 3.98. The summed E-state index contributed by atoms with van der Waals surface area (Å²) < 4.78 is 5.24. The first-order valence-electron chi connectivity index (χ1n) is 4.44. The van der Waals surface area contributed by atoms with Crippen molar-refractivity contribution in [2.75, 3.05) is 7.11 Å². The number of para-hydroxylation sites is 1. The van der Waals surface area contributed by atoms with E-state index in [4.69, 9.17) is 10.5 Å². The first-order chi connectivity index (χ1) is 6.03. The molecule has 1 aromatic carbocycles. The van der Waals surface area contributed by atoms with E-state index in [1.165, 1.54) is 0 Å². The lowest BCUT2D eigenvalue weighted by Crippen LogP contribution is -2.34. The van der Waals surface area contributed by atoms with Crippen LogP contribution in [-0.4, -0.2) is 12.6 Å². The summed E-state index contributed by atoms with van der Waals surface area (Å²) in [6.07, 6.45) is 0.830. The summed E-state index contributed by atoms with van der Waals surface area (Å²) in [6, 6.07) is 7.98. The fourth-order valence-electron chi connectivity index (χ4n) is 1.34. The molecule has 0 aliphatic rings. The van der Waals surface area contributed by atoms with Gasteiger partial charge in [0.2, 0.25) is 0 Å². The van der Waals surface area contributed by atoms with Gasteiger partial charge in [0.1, 0.15) is 5.75 Å². The van der Waals surface area contributed by atoms with Crippen LogP contribution < -0.4 is 10.5 Å². The number of benzene rings is 1. The lowest BCUT2D eigenvalue weighted by Gasteiger charge is -2.19. The topological polar surface area (TPSA) is 35.2 Å². The molecule has 1 rings (SSSR count). The quantitative estimate of drug-likeness (QED) is 0.841. The molecule has 2 nitrogen and oxygen atoms in total. The van der Waals surface area contributed by atoms with E-state index in [1.807, 2.05) is 38.1 Å².